The third kappa shape index (κ3) is 7.67. The Morgan fingerprint density at radius 3 is 1.89 bits per heavy atom. The summed E-state index contributed by atoms with van der Waals surface area (Å²) in [6, 6.07) is 10.4. The van der Waals surface area contributed by atoms with Gasteiger partial charge in [0, 0.05) is 6.42 Å². The lowest BCUT2D eigenvalue weighted by atomic mass is 10.1. The fourth-order valence-electron chi connectivity index (χ4n) is 2.24. The van der Waals surface area contributed by atoms with Crippen molar-refractivity contribution in [3.05, 3.63) is 48.5 Å². The monoisotopic (exact) mass is 428 g/mol. The Labute approximate surface area is 156 Å². The highest BCUT2D eigenvalue weighted by Gasteiger charge is 2.31. The first-order valence-electron chi connectivity index (χ1n) is 7.78. The van der Waals surface area contributed by atoms with Gasteiger partial charge in [-0.15, -0.1) is 13.2 Å². The van der Waals surface area contributed by atoms with E-state index in [0.29, 0.717) is 11.1 Å². The Kier molecular flexibility index (Phi) is 6.48. The summed E-state index contributed by atoms with van der Waals surface area (Å²) in [5, 5.41) is 0. The zero-order valence-corrected chi connectivity index (χ0v) is 14.9. The van der Waals surface area contributed by atoms with Crippen molar-refractivity contribution in [2.45, 2.75) is 25.4 Å². The Balaban J connectivity index is 2.13. The van der Waals surface area contributed by atoms with Crippen molar-refractivity contribution in [1.82, 2.24) is 0 Å². The fraction of sp³-hybridized carbons (Fsp3) is 0.294. The third-order valence-electron chi connectivity index (χ3n) is 3.31. The number of rotatable bonds is 7. The van der Waals surface area contributed by atoms with Crippen LogP contribution in [0.3, 0.4) is 0 Å². The van der Waals surface area contributed by atoms with Crippen molar-refractivity contribution in [3.8, 4) is 22.6 Å². The Bertz CT molecular complexity index is 906. The minimum Gasteiger partial charge on any atom is -0.406 e. The molecule has 0 aromatic heterocycles. The molecule has 0 fully saturated rings. The van der Waals surface area contributed by atoms with E-state index in [2.05, 4.69) is 4.74 Å². The van der Waals surface area contributed by atoms with Crippen LogP contribution in [-0.4, -0.2) is 26.7 Å². The average Bonchev–Trinajstić information content (AvgIpc) is 2.51. The van der Waals surface area contributed by atoms with Gasteiger partial charge in [0.2, 0.25) is 0 Å². The summed E-state index contributed by atoms with van der Waals surface area (Å²) in [6.45, 7) is 0. The van der Waals surface area contributed by atoms with Crippen molar-refractivity contribution in [2.75, 3.05) is 5.75 Å². The molecule has 0 saturated heterocycles. The average molecular weight is 428 g/mol. The lowest BCUT2D eigenvalue weighted by molar-refractivity contribution is -0.274. The van der Waals surface area contributed by atoms with Gasteiger partial charge in [-0.2, -0.15) is 21.6 Å². The highest BCUT2D eigenvalue weighted by molar-refractivity contribution is 7.87. The zero-order valence-electron chi connectivity index (χ0n) is 14.0. The molecule has 0 heterocycles. The predicted octanol–water partition coefficient (Wildman–Crippen LogP) is 5.30. The van der Waals surface area contributed by atoms with E-state index in [-0.39, 0.29) is 5.75 Å². The van der Waals surface area contributed by atoms with Gasteiger partial charge in [-0.05, 0) is 41.8 Å². The summed E-state index contributed by atoms with van der Waals surface area (Å²) < 4.78 is 106. The maximum atomic E-state index is 12.3. The van der Waals surface area contributed by atoms with Crippen LogP contribution in [0.4, 0.5) is 26.3 Å². The second-order valence-corrected chi connectivity index (χ2v) is 7.36. The third-order valence-corrected chi connectivity index (χ3v) is 4.55. The molecule has 2 aromatic carbocycles. The van der Waals surface area contributed by atoms with Crippen molar-refractivity contribution in [2.24, 2.45) is 0 Å². The van der Waals surface area contributed by atoms with Gasteiger partial charge in [-0.25, -0.2) is 0 Å². The molecular weight excluding hydrogens is 414 g/mol. The van der Waals surface area contributed by atoms with Gasteiger partial charge < -0.3 is 8.92 Å². The molecule has 0 radical (unpaired) electrons. The molecule has 154 valence electrons. The maximum Gasteiger partial charge on any atom is 0.573 e. The van der Waals surface area contributed by atoms with Gasteiger partial charge in [0.25, 0.3) is 0 Å². The van der Waals surface area contributed by atoms with Crippen LogP contribution in [0.15, 0.2) is 48.5 Å². The van der Waals surface area contributed by atoms with Crippen LogP contribution >= 0.6 is 0 Å². The zero-order chi connectivity index (χ0) is 21.0. The summed E-state index contributed by atoms with van der Waals surface area (Å²) in [5.41, 5.74) is 0.622. The maximum absolute atomic E-state index is 12.3. The smallest absolute Gasteiger partial charge is 0.406 e. The first kappa shape index (κ1) is 21.9. The van der Waals surface area contributed by atoms with Gasteiger partial charge in [-0.1, -0.05) is 24.3 Å². The van der Waals surface area contributed by atoms with E-state index in [9.17, 15) is 34.8 Å². The molecule has 0 amide bonds. The number of alkyl halides is 6. The van der Waals surface area contributed by atoms with Gasteiger partial charge in [0.15, 0.2) is 0 Å². The van der Waals surface area contributed by atoms with Crippen LogP contribution in [0.1, 0.15) is 12.8 Å². The fourth-order valence-corrected chi connectivity index (χ4v) is 3.22. The second kappa shape index (κ2) is 8.29. The lowest BCUT2D eigenvalue weighted by Crippen LogP contribution is -2.17. The molecule has 4 nitrogen and oxygen atoms in total. The van der Waals surface area contributed by atoms with Crippen molar-refractivity contribution in [1.29, 1.82) is 0 Å². The summed E-state index contributed by atoms with van der Waals surface area (Å²) >= 11 is 0. The molecule has 0 bridgehead atoms. The van der Waals surface area contributed by atoms with Crippen LogP contribution in [0.25, 0.3) is 11.1 Å². The van der Waals surface area contributed by atoms with Gasteiger partial charge in [0.1, 0.15) is 11.5 Å². The molecule has 0 aliphatic heterocycles. The standard InChI is InChI=1S/C17H14F6O4S/c18-16(19,20)8-3-9-28(24,25)27-15-7-2-5-13(11-15)12-4-1-6-14(10-12)26-17(21,22)23/h1-2,4-7,10-11H,3,8-9H2. The van der Waals surface area contributed by atoms with E-state index >= 15 is 0 Å². The molecule has 0 atom stereocenters. The van der Waals surface area contributed by atoms with Crippen LogP contribution in [0.2, 0.25) is 0 Å². The number of ether oxygens (including phenoxy) is 1. The van der Waals surface area contributed by atoms with Crippen LogP contribution < -0.4 is 8.92 Å². The van der Waals surface area contributed by atoms with E-state index in [1.165, 1.54) is 36.4 Å². The van der Waals surface area contributed by atoms with Crippen molar-refractivity contribution < 1.29 is 43.7 Å². The van der Waals surface area contributed by atoms with E-state index in [1.807, 2.05) is 0 Å². The molecule has 0 N–H and O–H groups in total. The minimum absolute atomic E-state index is 0.174. The number of hydrogen-bond donors (Lipinski definition) is 0. The van der Waals surface area contributed by atoms with E-state index in [0.717, 1.165) is 12.1 Å². The summed E-state index contributed by atoms with van der Waals surface area (Å²) in [5.74, 6) is -1.46. The first-order chi connectivity index (χ1) is 12.8. The molecule has 0 aliphatic rings. The SMILES string of the molecule is O=S(=O)(CCCC(F)(F)F)Oc1cccc(-c2cccc(OC(F)(F)F)c2)c1. The first-order valence-corrected chi connectivity index (χ1v) is 9.36. The molecule has 11 heteroatoms. The number of halogens is 6. The molecule has 0 aliphatic carbocycles. The second-order valence-electron chi connectivity index (χ2n) is 5.67. The predicted molar refractivity (Wildman–Crippen MR) is 88.3 cm³/mol. The Morgan fingerprint density at radius 1 is 0.821 bits per heavy atom. The highest BCUT2D eigenvalue weighted by Crippen LogP contribution is 2.30. The molecule has 0 saturated carbocycles. The lowest BCUT2D eigenvalue weighted by Gasteiger charge is -2.11. The normalized spacial score (nSPS) is 12.6. The summed E-state index contributed by atoms with van der Waals surface area (Å²) in [4.78, 5) is 0. The minimum atomic E-state index is -4.87. The summed E-state index contributed by atoms with van der Waals surface area (Å²) in [6.07, 6.45) is -11.3. The van der Waals surface area contributed by atoms with Crippen LogP contribution in [-0.2, 0) is 10.1 Å². The molecular formula is C17H14F6O4S. The van der Waals surface area contributed by atoms with Crippen molar-refractivity contribution in [3.63, 3.8) is 0 Å². The highest BCUT2D eigenvalue weighted by atomic mass is 32.2. The summed E-state index contributed by atoms with van der Waals surface area (Å²) in [7, 11) is -4.26. The Hall–Kier alpha value is -2.43. The molecule has 0 unspecified atom stereocenters. The number of benzene rings is 2. The number of hydrogen-bond acceptors (Lipinski definition) is 4. The largest absolute Gasteiger partial charge is 0.573 e. The van der Waals surface area contributed by atoms with Gasteiger partial charge >= 0.3 is 22.7 Å². The topological polar surface area (TPSA) is 52.6 Å². The van der Waals surface area contributed by atoms with E-state index < -0.39 is 47.0 Å². The van der Waals surface area contributed by atoms with Crippen LogP contribution in [0, 0.1) is 0 Å². The van der Waals surface area contributed by atoms with E-state index in [1.54, 1.807) is 0 Å². The van der Waals surface area contributed by atoms with Gasteiger partial charge in [0.05, 0.1) is 5.75 Å². The molecule has 28 heavy (non-hydrogen) atoms. The quantitative estimate of drug-likeness (QED) is 0.444. The van der Waals surface area contributed by atoms with E-state index in [4.69, 9.17) is 4.18 Å². The molecule has 0 spiro atoms. The van der Waals surface area contributed by atoms with Crippen LogP contribution in [0.5, 0.6) is 11.5 Å². The molecule has 2 aromatic rings. The molecule has 2 rings (SSSR count). The Morgan fingerprint density at radius 2 is 1.36 bits per heavy atom. The van der Waals surface area contributed by atoms with Gasteiger partial charge in [-0.3, -0.25) is 0 Å². The van der Waals surface area contributed by atoms with Crippen molar-refractivity contribution >= 4 is 10.1 Å².